The standard InChI is InChI=1S/C18H16N2/c1-15-12-16(13-19-17-8-4-2-5-9-17)14-20(15)18-10-6-3-7-11-18/h2-14H,1H3. The minimum atomic E-state index is 0.970. The van der Waals surface area contributed by atoms with Gasteiger partial charge in [0.05, 0.1) is 5.69 Å². The van der Waals surface area contributed by atoms with Gasteiger partial charge in [0.15, 0.2) is 0 Å². The van der Waals surface area contributed by atoms with Gasteiger partial charge in [-0.2, -0.15) is 0 Å². The molecule has 2 heteroatoms. The summed E-state index contributed by atoms with van der Waals surface area (Å²) >= 11 is 0. The van der Waals surface area contributed by atoms with Gasteiger partial charge < -0.3 is 4.57 Å². The van der Waals surface area contributed by atoms with Crippen molar-refractivity contribution < 1.29 is 0 Å². The molecule has 20 heavy (non-hydrogen) atoms. The number of aryl methyl sites for hydroxylation is 1. The van der Waals surface area contributed by atoms with Crippen LogP contribution in [-0.2, 0) is 0 Å². The zero-order valence-corrected chi connectivity index (χ0v) is 11.4. The Kier molecular flexibility index (Phi) is 3.46. The molecule has 0 amide bonds. The van der Waals surface area contributed by atoms with Crippen LogP contribution in [0.3, 0.4) is 0 Å². The molecule has 3 aromatic rings. The van der Waals surface area contributed by atoms with Crippen molar-refractivity contribution in [3.63, 3.8) is 0 Å². The van der Waals surface area contributed by atoms with Crippen molar-refractivity contribution in [2.24, 2.45) is 4.99 Å². The first kappa shape index (κ1) is 12.4. The highest BCUT2D eigenvalue weighted by atomic mass is 15.0. The molecule has 0 N–H and O–H groups in total. The smallest absolute Gasteiger partial charge is 0.0629 e. The van der Waals surface area contributed by atoms with Crippen LogP contribution in [0.25, 0.3) is 5.69 Å². The van der Waals surface area contributed by atoms with E-state index in [0.717, 1.165) is 11.3 Å². The van der Waals surface area contributed by atoms with Crippen molar-refractivity contribution >= 4 is 11.9 Å². The van der Waals surface area contributed by atoms with Crippen LogP contribution >= 0.6 is 0 Å². The summed E-state index contributed by atoms with van der Waals surface area (Å²) in [4.78, 5) is 4.49. The number of hydrogen-bond donors (Lipinski definition) is 0. The van der Waals surface area contributed by atoms with Gasteiger partial charge >= 0.3 is 0 Å². The second-order valence-electron chi connectivity index (χ2n) is 4.71. The monoisotopic (exact) mass is 260 g/mol. The van der Waals surface area contributed by atoms with E-state index in [1.807, 2.05) is 54.7 Å². The van der Waals surface area contributed by atoms with Crippen LogP contribution in [0.4, 0.5) is 5.69 Å². The number of aromatic nitrogens is 1. The van der Waals surface area contributed by atoms with Crippen molar-refractivity contribution in [2.45, 2.75) is 6.92 Å². The number of nitrogens with zero attached hydrogens (tertiary/aromatic N) is 2. The van der Waals surface area contributed by atoms with Crippen LogP contribution in [0.1, 0.15) is 11.3 Å². The van der Waals surface area contributed by atoms with E-state index in [-0.39, 0.29) is 0 Å². The predicted molar refractivity (Wildman–Crippen MR) is 84.2 cm³/mol. The number of hydrogen-bond acceptors (Lipinski definition) is 1. The molecular weight excluding hydrogens is 244 g/mol. The fourth-order valence-corrected chi connectivity index (χ4v) is 2.20. The molecular formula is C18H16N2. The summed E-state index contributed by atoms with van der Waals surface area (Å²) < 4.78 is 2.17. The Labute approximate surface area is 119 Å². The topological polar surface area (TPSA) is 17.3 Å². The normalized spacial score (nSPS) is 11.1. The highest BCUT2D eigenvalue weighted by Crippen LogP contribution is 2.15. The zero-order valence-electron chi connectivity index (χ0n) is 11.4. The Hall–Kier alpha value is -2.61. The van der Waals surface area contributed by atoms with Gasteiger partial charge in [0.1, 0.15) is 0 Å². The minimum Gasteiger partial charge on any atom is -0.321 e. The zero-order chi connectivity index (χ0) is 13.8. The van der Waals surface area contributed by atoms with Gasteiger partial charge in [-0.3, -0.25) is 4.99 Å². The number of rotatable bonds is 3. The first-order valence-corrected chi connectivity index (χ1v) is 6.66. The van der Waals surface area contributed by atoms with Crippen LogP contribution in [-0.4, -0.2) is 10.8 Å². The largest absolute Gasteiger partial charge is 0.321 e. The average molecular weight is 260 g/mol. The van der Waals surface area contributed by atoms with E-state index in [1.54, 1.807) is 0 Å². The highest BCUT2D eigenvalue weighted by molar-refractivity contribution is 5.82. The Bertz CT molecular complexity index is 710. The number of aliphatic imine (C=N–C) groups is 1. The van der Waals surface area contributed by atoms with Crippen molar-refractivity contribution in [3.05, 3.63) is 84.2 Å². The lowest BCUT2D eigenvalue weighted by molar-refractivity contribution is 1.02. The fraction of sp³-hybridized carbons (Fsp3) is 0.0556. The maximum atomic E-state index is 4.49. The molecule has 1 aromatic heterocycles. The molecule has 0 aliphatic rings. The van der Waals surface area contributed by atoms with Crippen LogP contribution < -0.4 is 0 Å². The third kappa shape index (κ3) is 2.69. The first-order valence-electron chi connectivity index (χ1n) is 6.66. The van der Waals surface area contributed by atoms with Gasteiger partial charge in [-0.05, 0) is 37.3 Å². The Morgan fingerprint density at radius 3 is 2.25 bits per heavy atom. The number of para-hydroxylation sites is 2. The molecule has 98 valence electrons. The summed E-state index contributed by atoms with van der Waals surface area (Å²) in [6.45, 7) is 2.10. The third-order valence-electron chi connectivity index (χ3n) is 3.19. The lowest BCUT2D eigenvalue weighted by atomic mass is 10.3. The van der Waals surface area contributed by atoms with E-state index in [9.17, 15) is 0 Å². The van der Waals surface area contributed by atoms with E-state index >= 15 is 0 Å². The molecule has 0 aliphatic carbocycles. The van der Waals surface area contributed by atoms with Gasteiger partial charge in [0.2, 0.25) is 0 Å². The Morgan fingerprint density at radius 1 is 0.900 bits per heavy atom. The van der Waals surface area contributed by atoms with Gasteiger partial charge in [0, 0.05) is 29.4 Å². The van der Waals surface area contributed by atoms with Crippen molar-refractivity contribution in [1.82, 2.24) is 4.57 Å². The highest BCUT2D eigenvalue weighted by Gasteiger charge is 2.02. The van der Waals surface area contributed by atoms with Crippen LogP contribution in [0.15, 0.2) is 77.9 Å². The maximum absolute atomic E-state index is 4.49. The molecule has 0 aliphatic heterocycles. The van der Waals surface area contributed by atoms with Gasteiger partial charge in [-0.25, -0.2) is 0 Å². The lowest BCUT2D eigenvalue weighted by Crippen LogP contribution is -1.93. The molecule has 1 heterocycles. The molecule has 0 spiro atoms. The third-order valence-corrected chi connectivity index (χ3v) is 3.19. The molecule has 0 fully saturated rings. The molecule has 2 nitrogen and oxygen atoms in total. The SMILES string of the molecule is Cc1cc(C=Nc2ccccc2)cn1-c1ccccc1. The molecule has 0 saturated carbocycles. The first-order chi connectivity index (χ1) is 9.83. The van der Waals surface area contributed by atoms with E-state index < -0.39 is 0 Å². The predicted octanol–water partition coefficient (Wildman–Crippen LogP) is 4.54. The fourth-order valence-electron chi connectivity index (χ4n) is 2.20. The molecule has 0 saturated heterocycles. The van der Waals surface area contributed by atoms with E-state index in [4.69, 9.17) is 0 Å². The summed E-state index contributed by atoms with van der Waals surface area (Å²) in [6.07, 6.45) is 4.01. The lowest BCUT2D eigenvalue weighted by Gasteiger charge is -2.04. The molecule has 0 bridgehead atoms. The molecule has 2 aromatic carbocycles. The molecule has 3 rings (SSSR count). The molecule has 0 unspecified atom stereocenters. The Balaban J connectivity index is 1.88. The second kappa shape index (κ2) is 5.57. The van der Waals surface area contributed by atoms with Crippen molar-refractivity contribution in [3.8, 4) is 5.69 Å². The second-order valence-corrected chi connectivity index (χ2v) is 4.71. The van der Waals surface area contributed by atoms with Gasteiger partial charge in [0.25, 0.3) is 0 Å². The number of benzene rings is 2. The maximum Gasteiger partial charge on any atom is 0.0629 e. The van der Waals surface area contributed by atoms with Crippen LogP contribution in [0.2, 0.25) is 0 Å². The van der Waals surface area contributed by atoms with Crippen molar-refractivity contribution in [2.75, 3.05) is 0 Å². The van der Waals surface area contributed by atoms with Gasteiger partial charge in [-0.1, -0.05) is 36.4 Å². The van der Waals surface area contributed by atoms with E-state index in [0.29, 0.717) is 0 Å². The quantitative estimate of drug-likeness (QED) is 0.615. The van der Waals surface area contributed by atoms with E-state index in [2.05, 4.69) is 40.9 Å². The van der Waals surface area contributed by atoms with Gasteiger partial charge in [-0.15, -0.1) is 0 Å². The summed E-state index contributed by atoms with van der Waals surface area (Å²) in [6, 6.07) is 22.4. The minimum absolute atomic E-state index is 0.970. The van der Waals surface area contributed by atoms with Crippen LogP contribution in [0.5, 0.6) is 0 Å². The van der Waals surface area contributed by atoms with E-state index in [1.165, 1.54) is 11.4 Å². The molecule has 0 radical (unpaired) electrons. The Morgan fingerprint density at radius 2 is 1.55 bits per heavy atom. The van der Waals surface area contributed by atoms with Crippen molar-refractivity contribution in [1.29, 1.82) is 0 Å². The summed E-state index contributed by atoms with van der Waals surface area (Å²) in [5.41, 5.74) is 4.45. The summed E-state index contributed by atoms with van der Waals surface area (Å²) in [7, 11) is 0. The summed E-state index contributed by atoms with van der Waals surface area (Å²) in [5.74, 6) is 0. The summed E-state index contributed by atoms with van der Waals surface area (Å²) in [5, 5.41) is 0. The van der Waals surface area contributed by atoms with Crippen LogP contribution in [0, 0.1) is 6.92 Å². The molecule has 0 atom stereocenters. The average Bonchev–Trinajstić information content (AvgIpc) is 2.88.